The summed E-state index contributed by atoms with van der Waals surface area (Å²) in [7, 11) is 3.36. The first-order chi connectivity index (χ1) is 12.2. The molecule has 0 radical (unpaired) electrons. The van der Waals surface area contributed by atoms with Gasteiger partial charge in [0, 0.05) is 13.1 Å². The largest absolute Gasteiger partial charge is 0.497 e. The van der Waals surface area contributed by atoms with E-state index < -0.39 is 0 Å². The van der Waals surface area contributed by atoms with Crippen LogP contribution in [0.2, 0.25) is 0 Å². The molecule has 142 valence electrons. The molecule has 2 N–H and O–H groups in total. The Kier molecular flexibility index (Phi) is 10.5. The third-order valence-corrected chi connectivity index (χ3v) is 3.76. The molecule has 6 heteroatoms. The minimum atomic E-state index is 0. The topological polar surface area (TPSA) is 54.9 Å². The second kappa shape index (κ2) is 12.4. The van der Waals surface area contributed by atoms with Crippen molar-refractivity contribution in [3.63, 3.8) is 0 Å². The lowest BCUT2D eigenvalue weighted by Crippen LogP contribution is -2.38. The molecule has 0 atom stereocenters. The van der Waals surface area contributed by atoms with Crippen molar-refractivity contribution in [2.45, 2.75) is 19.9 Å². The summed E-state index contributed by atoms with van der Waals surface area (Å²) in [4.78, 5) is 4.63. The van der Waals surface area contributed by atoms with Crippen LogP contribution in [0.25, 0.3) is 0 Å². The van der Waals surface area contributed by atoms with Gasteiger partial charge < -0.3 is 20.1 Å². The van der Waals surface area contributed by atoms with Gasteiger partial charge in [-0.1, -0.05) is 24.3 Å². The molecule has 5 nitrogen and oxygen atoms in total. The third kappa shape index (κ3) is 7.51. The van der Waals surface area contributed by atoms with Crippen LogP contribution in [0.1, 0.15) is 18.1 Å². The number of hydrogen-bond donors (Lipinski definition) is 2. The number of aliphatic imine (C=N–C) groups is 1. The quantitative estimate of drug-likeness (QED) is 0.353. The van der Waals surface area contributed by atoms with E-state index in [4.69, 9.17) is 9.47 Å². The summed E-state index contributed by atoms with van der Waals surface area (Å²) in [5, 5.41) is 6.65. The van der Waals surface area contributed by atoms with Crippen molar-refractivity contribution in [1.29, 1.82) is 0 Å². The van der Waals surface area contributed by atoms with Gasteiger partial charge in [0.2, 0.25) is 0 Å². The van der Waals surface area contributed by atoms with Crippen LogP contribution in [-0.4, -0.2) is 33.3 Å². The average Bonchev–Trinajstić information content (AvgIpc) is 2.66. The molecule has 2 aromatic carbocycles. The Bertz CT molecular complexity index is 675. The smallest absolute Gasteiger partial charge is 0.191 e. The van der Waals surface area contributed by atoms with Crippen LogP contribution >= 0.6 is 24.0 Å². The molecule has 0 fully saturated rings. The summed E-state index contributed by atoms with van der Waals surface area (Å²) in [6, 6.07) is 16.1. The fourth-order valence-corrected chi connectivity index (χ4v) is 2.40. The van der Waals surface area contributed by atoms with Crippen LogP contribution in [0.5, 0.6) is 11.5 Å². The Balaban J connectivity index is 0.00000338. The first-order valence-electron chi connectivity index (χ1n) is 8.53. The number of rotatable bonds is 8. The molecule has 0 heterocycles. The molecule has 0 aromatic heterocycles. The standard InChI is InChI=1S/C20H27N3O2.HI/c1-4-21-20(23-15-17-8-10-18(24-2)11-9-17)22-13-12-16-6-5-7-19(14-16)25-3;/h5-11,14H,4,12-13,15H2,1-3H3,(H2,21,22,23);1H. The summed E-state index contributed by atoms with van der Waals surface area (Å²) >= 11 is 0. The molecule has 0 aliphatic heterocycles. The van der Waals surface area contributed by atoms with E-state index >= 15 is 0 Å². The third-order valence-electron chi connectivity index (χ3n) is 3.76. The zero-order valence-electron chi connectivity index (χ0n) is 15.6. The first-order valence-corrected chi connectivity index (χ1v) is 8.53. The molecular weight excluding hydrogens is 441 g/mol. The van der Waals surface area contributed by atoms with Gasteiger partial charge in [-0.3, -0.25) is 0 Å². The second-order valence-corrected chi connectivity index (χ2v) is 5.57. The zero-order chi connectivity index (χ0) is 17.9. The number of methoxy groups -OCH3 is 2. The van der Waals surface area contributed by atoms with Crippen molar-refractivity contribution in [3.8, 4) is 11.5 Å². The van der Waals surface area contributed by atoms with Gasteiger partial charge in [0.1, 0.15) is 11.5 Å². The van der Waals surface area contributed by atoms with Gasteiger partial charge in [-0.05, 0) is 48.7 Å². The van der Waals surface area contributed by atoms with Crippen LogP contribution in [0, 0.1) is 0 Å². The number of halogens is 1. The Labute approximate surface area is 173 Å². The van der Waals surface area contributed by atoms with Crippen molar-refractivity contribution in [3.05, 3.63) is 59.7 Å². The van der Waals surface area contributed by atoms with Crippen LogP contribution < -0.4 is 20.1 Å². The van der Waals surface area contributed by atoms with Crippen molar-refractivity contribution in [1.82, 2.24) is 10.6 Å². The second-order valence-electron chi connectivity index (χ2n) is 5.57. The maximum Gasteiger partial charge on any atom is 0.191 e. The molecule has 2 rings (SSSR count). The Hall–Kier alpha value is -1.96. The van der Waals surface area contributed by atoms with Gasteiger partial charge in [0.05, 0.1) is 20.8 Å². The van der Waals surface area contributed by atoms with E-state index in [0.29, 0.717) is 6.54 Å². The van der Waals surface area contributed by atoms with Crippen LogP contribution in [-0.2, 0) is 13.0 Å². The van der Waals surface area contributed by atoms with E-state index in [2.05, 4.69) is 34.7 Å². The zero-order valence-corrected chi connectivity index (χ0v) is 17.9. The molecule has 0 aliphatic carbocycles. The summed E-state index contributed by atoms with van der Waals surface area (Å²) < 4.78 is 10.4. The first kappa shape index (κ1) is 22.1. The normalized spacial score (nSPS) is 10.7. The molecule has 2 aromatic rings. The van der Waals surface area contributed by atoms with Crippen molar-refractivity contribution < 1.29 is 9.47 Å². The summed E-state index contributed by atoms with van der Waals surface area (Å²) in [5.41, 5.74) is 2.38. The lowest BCUT2D eigenvalue weighted by molar-refractivity contribution is 0.414. The molecule has 0 spiro atoms. The molecule has 0 unspecified atom stereocenters. The highest BCUT2D eigenvalue weighted by Crippen LogP contribution is 2.13. The Morgan fingerprint density at radius 3 is 2.31 bits per heavy atom. The molecule has 0 saturated carbocycles. The van der Waals surface area contributed by atoms with Gasteiger partial charge in [0.15, 0.2) is 5.96 Å². The van der Waals surface area contributed by atoms with E-state index in [0.717, 1.165) is 42.5 Å². The van der Waals surface area contributed by atoms with Crippen molar-refractivity contribution in [2.75, 3.05) is 27.3 Å². The van der Waals surface area contributed by atoms with E-state index in [9.17, 15) is 0 Å². The molecular formula is C20H28IN3O2. The van der Waals surface area contributed by atoms with Crippen molar-refractivity contribution >= 4 is 29.9 Å². The SMILES string of the molecule is CCNC(=NCc1ccc(OC)cc1)NCCc1cccc(OC)c1.I. The molecule has 0 amide bonds. The van der Waals surface area contributed by atoms with Gasteiger partial charge >= 0.3 is 0 Å². The maximum atomic E-state index is 5.26. The van der Waals surface area contributed by atoms with Gasteiger partial charge in [-0.25, -0.2) is 4.99 Å². The van der Waals surface area contributed by atoms with Crippen molar-refractivity contribution in [2.24, 2.45) is 4.99 Å². The Morgan fingerprint density at radius 2 is 1.65 bits per heavy atom. The minimum absolute atomic E-state index is 0. The number of nitrogens with zero attached hydrogens (tertiary/aromatic N) is 1. The monoisotopic (exact) mass is 469 g/mol. The minimum Gasteiger partial charge on any atom is -0.497 e. The number of benzene rings is 2. The fourth-order valence-electron chi connectivity index (χ4n) is 2.40. The van der Waals surface area contributed by atoms with Gasteiger partial charge in [0.25, 0.3) is 0 Å². The predicted octanol–water partition coefficient (Wildman–Crippen LogP) is 3.62. The average molecular weight is 469 g/mol. The van der Waals surface area contributed by atoms with Crippen LogP contribution in [0.4, 0.5) is 0 Å². The molecule has 0 aliphatic rings. The summed E-state index contributed by atoms with van der Waals surface area (Å²) in [6.45, 7) is 4.32. The Morgan fingerprint density at radius 1 is 0.923 bits per heavy atom. The van der Waals surface area contributed by atoms with E-state index in [-0.39, 0.29) is 24.0 Å². The van der Waals surface area contributed by atoms with Gasteiger partial charge in [-0.15, -0.1) is 24.0 Å². The maximum absolute atomic E-state index is 5.26. The van der Waals surface area contributed by atoms with Crippen LogP contribution in [0.15, 0.2) is 53.5 Å². The molecule has 0 saturated heterocycles. The highest BCUT2D eigenvalue weighted by atomic mass is 127. The number of guanidine groups is 1. The molecule has 26 heavy (non-hydrogen) atoms. The number of hydrogen-bond acceptors (Lipinski definition) is 3. The number of nitrogens with one attached hydrogen (secondary N) is 2. The highest BCUT2D eigenvalue weighted by Gasteiger charge is 2.00. The van der Waals surface area contributed by atoms with E-state index in [1.54, 1.807) is 14.2 Å². The number of ether oxygens (including phenoxy) is 2. The van der Waals surface area contributed by atoms with Crippen LogP contribution in [0.3, 0.4) is 0 Å². The molecule has 0 bridgehead atoms. The van der Waals surface area contributed by atoms with Gasteiger partial charge in [-0.2, -0.15) is 0 Å². The highest BCUT2D eigenvalue weighted by molar-refractivity contribution is 14.0. The summed E-state index contributed by atoms with van der Waals surface area (Å²) in [6.07, 6.45) is 0.907. The predicted molar refractivity (Wildman–Crippen MR) is 118 cm³/mol. The van der Waals surface area contributed by atoms with E-state index in [1.807, 2.05) is 36.4 Å². The lowest BCUT2D eigenvalue weighted by atomic mass is 10.1. The van der Waals surface area contributed by atoms with E-state index in [1.165, 1.54) is 5.56 Å². The lowest BCUT2D eigenvalue weighted by Gasteiger charge is -2.12. The fraction of sp³-hybridized carbons (Fsp3) is 0.350. The summed E-state index contributed by atoms with van der Waals surface area (Å²) in [5.74, 6) is 2.56.